The third-order valence-corrected chi connectivity index (χ3v) is 3.10. The Morgan fingerprint density at radius 3 is 2.74 bits per heavy atom. The molecule has 0 saturated heterocycles. The first-order valence-electron chi connectivity index (χ1n) is 6.28. The zero-order valence-corrected chi connectivity index (χ0v) is 11.7. The van der Waals surface area contributed by atoms with Crippen LogP contribution >= 0.6 is 0 Å². The van der Waals surface area contributed by atoms with E-state index in [9.17, 15) is 15.0 Å². The molecule has 0 aromatic rings. The van der Waals surface area contributed by atoms with Gasteiger partial charge in [0.05, 0.1) is 12.7 Å². The third kappa shape index (κ3) is 4.04. The lowest BCUT2D eigenvalue weighted by atomic mass is 9.78. The van der Waals surface area contributed by atoms with E-state index in [0.29, 0.717) is 6.42 Å². The Kier molecular flexibility index (Phi) is 4.71. The summed E-state index contributed by atoms with van der Waals surface area (Å²) in [6.07, 6.45) is 6.71. The van der Waals surface area contributed by atoms with Crippen LogP contribution in [0.1, 0.15) is 26.7 Å². The van der Waals surface area contributed by atoms with E-state index >= 15 is 0 Å². The lowest BCUT2D eigenvalue weighted by molar-refractivity contribution is -0.121. The number of allylic oxidation sites excluding steroid dienone is 2. The van der Waals surface area contributed by atoms with Crippen LogP contribution in [0.3, 0.4) is 0 Å². The predicted octanol–water partition coefficient (Wildman–Crippen LogP) is 1.74. The molecule has 1 aliphatic rings. The van der Waals surface area contributed by atoms with Crippen molar-refractivity contribution in [2.75, 3.05) is 7.11 Å². The monoisotopic (exact) mass is 266 g/mol. The minimum absolute atomic E-state index is 0.0712. The van der Waals surface area contributed by atoms with Crippen LogP contribution in [0.15, 0.2) is 36.6 Å². The number of aliphatic hydroxyl groups is 2. The highest BCUT2D eigenvalue weighted by molar-refractivity contribution is 5.93. The molecule has 0 saturated carbocycles. The van der Waals surface area contributed by atoms with Crippen LogP contribution in [-0.2, 0) is 9.53 Å². The maximum Gasteiger partial charge on any atom is 0.162 e. The summed E-state index contributed by atoms with van der Waals surface area (Å²) in [5.74, 6) is -0.177. The topological polar surface area (TPSA) is 66.8 Å². The Morgan fingerprint density at radius 2 is 2.26 bits per heavy atom. The van der Waals surface area contributed by atoms with Crippen LogP contribution < -0.4 is 0 Å². The number of rotatable bonds is 5. The van der Waals surface area contributed by atoms with Gasteiger partial charge >= 0.3 is 0 Å². The SMILES string of the molecule is C=CC[C@@H]1C[C@@](O)(/C=C/C(C)(C)O)C(OC)=CC1=O. The minimum atomic E-state index is -1.36. The number of methoxy groups -OCH3 is 1. The zero-order valence-electron chi connectivity index (χ0n) is 11.7. The second-order valence-electron chi connectivity index (χ2n) is 5.45. The molecule has 0 radical (unpaired) electrons. The Morgan fingerprint density at radius 1 is 1.63 bits per heavy atom. The van der Waals surface area contributed by atoms with Crippen LogP contribution in [0.2, 0.25) is 0 Å². The van der Waals surface area contributed by atoms with Gasteiger partial charge in [0, 0.05) is 12.0 Å². The van der Waals surface area contributed by atoms with Crippen LogP contribution in [-0.4, -0.2) is 34.3 Å². The predicted molar refractivity (Wildman–Crippen MR) is 73.4 cm³/mol. The van der Waals surface area contributed by atoms with Gasteiger partial charge in [-0.3, -0.25) is 4.79 Å². The molecule has 2 atom stereocenters. The van der Waals surface area contributed by atoms with E-state index in [1.807, 2.05) is 0 Å². The molecule has 0 fully saturated rings. The summed E-state index contributed by atoms with van der Waals surface area (Å²) in [6, 6.07) is 0. The van der Waals surface area contributed by atoms with Crippen molar-refractivity contribution in [3.8, 4) is 0 Å². The molecule has 0 aromatic heterocycles. The number of ketones is 1. The molecule has 4 nitrogen and oxygen atoms in total. The maximum absolute atomic E-state index is 11.9. The van der Waals surface area contributed by atoms with Crippen molar-refractivity contribution in [3.05, 3.63) is 36.6 Å². The molecule has 0 spiro atoms. The van der Waals surface area contributed by atoms with Crippen LogP contribution in [0.5, 0.6) is 0 Å². The summed E-state index contributed by atoms with van der Waals surface area (Å²) in [7, 11) is 1.41. The molecule has 0 unspecified atom stereocenters. The van der Waals surface area contributed by atoms with Gasteiger partial charge in [-0.2, -0.15) is 0 Å². The van der Waals surface area contributed by atoms with Gasteiger partial charge in [-0.05, 0) is 32.8 Å². The Balaban J connectivity index is 3.08. The molecular formula is C15H22O4. The molecule has 2 N–H and O–H groups in total. The van der Waals surface area contributed by atoms with E-state index in [0.717, 1.165) is 0 Å². The third-order valence-electron chi connectivity index (χ3n) is 3.10. The van der Waals surface area contributed by atoms with E-state index in [1.165, 1.54) is 25.3 Å². The first-order chi connectivity index (χ1) is 8.72. The van der Waals surface area contributed by atoms with Gasteiger partial charge in [0.25, 0.3) is 0 Å². The molecule has 1 rings (SSSR count). The van der Waals surface area contributed by atoms with Crippen molar-refractivity contribution >= 4 is 5.78 Å². The summed E-state index contributed by atoms with van der Waals surface area (Å²) in [5, 5.41) is 20.3. The first-order valence-corrected chi connectivity index (χ1v) is 6.28. The van der Waals surface area contributed by atoms with Crippen molar-refractivity contribution in [1.82, 2.24) is 0 Å². The molecular weight excluding hydrogens is 244 g/mol. The van der Waals surface area contributed by atoms with Gasteiger partial charge in [-0.25, -0.2) is 0 Å². The van der Waals surface area contributed by atoms with Crippen LogP contribution in [0.4, 0.5) is 0 Å². The van der Waals surface area contributed by atoms with Gasteiger partial charge < -0.3 is 14.9 Å². The summed E-state index contributed by atoms with van der Waals surface area (Å²) < 4.78 is 5.10. The van der Waals surface area contributed by atoms with E-state index in [1.54, 1.807) is 19.9 Å². The number of hydrogen-bond acceptors (Lipinski definition) is 4. The Labute approximate surface area is 114 Å². The van der Waals surface area contributed by atoms with Crippen molar-refractivity contribution in [2.45, 2.75) is 37.9 Å². The van der Waals surface area contributed by atoms with Gasteiger partial charge in [-0.15, -0.1) is 6.58 Å². The van der Waals surface area contributed by atoms with Crippen LogP contribution in [0.25, 0.3) is 0 Å². The van der Waals surface area contributed by atoms with Crippen molar-refractivity contribution in [1.29, 1.82) is 0 Å². The highest BCUT2D eigenvalue weighted by Crippen LogP contribution is 2.35. The van der Waals surface area contributed by atoms with Gasteiger partial charge in [0.2, 0.25) is 0 Å². The smallest absolute Gasteiger partial charge is 0.162 e. The molecule has 0 bridgehead atoms. The molecule has 4 heteroatoms. The van der Waals surface area contributed by atoms with E-state index in [4.69, 9.17) is 4.74 Å². The molecule has 1 aliphatic carbocycles. The Hall–Kier alpha value is -1.39. The van der Waals surface area contributed by atoms with Gasteiger partial charge in [-0.1, -0.05) is 12.2 Å². The first kappa shape index (κ1) is 15.7. The van der Waals surface area contributed by atoms with E-state index in [-0.39, 0.29) is 23.9 Å². The highest BCUT2D eigenvalue weighted by Gasteiger charge is 2.40. The number of carbonyl (C=O) groups is 1. The van der Waals surface area contributed by atoms with E-state index < -0.39 is 11.2 Å². The standard InChI is InChI=1S/C15H22O4/c1-5-6-11-10-15(18,8-7-14(2,3)17)13(19-4)9-12(11)16/h5,7-9,11,17-18H,1,6,10H2,2-4H3/b8-7+/t11-,15+/m1/s1. The fraction of sp³-hybridized carbons (Fsp3) is 0.533. The zero-order chi connectivity index (χ0) is 14.7. The average molecular weight is 266 g/mol. The fourth-order valence-electron chi connectivity index (χ4n) is 2.08. The second-order valence-corrected chi connectivity index (χ2v) is 5.45. The summed E-state index contributed by atoms with van der Waals surface area (Å²) in [4.78, 5) is 11.9. The van der Waals surface area contributed by atoms with Crippen molar-refractivity contribution < 1.29 is 19.7 Å². The molecule has 0 heterocycles. The minimum Gasteiger partial charge on any atom is -0.498 e. The highest BCUT2D eigenvalue weighted by atomic mass is 16.5. The lowest BCUT2D eigenvalue weighted by Gasteiger charge is -2.34. The van der Waals surface area contributed by atoms with Crippen molar-refractivity contribution in [3.63, 3.8) is 0 Å². The number of carbonyl (C=O) groups excluding carboxylic acids is 1. The fourth-order valence-corrected chi connectivity index (χ4v) is 2.08. The van der Waals surface area contributed by atoms with Gasteiger partial charge in [0.1, 0.15) is 11.4 Å². The molecule has 19 heavy (non-hydrogen) atoms. The summed E-state index contributed by atoms with van der Waals surface area (Å²) >= 11 is 0. The lowest BCUT2D eigenvalue weighted by Crippen LogP contribution is -2.39. The maximum atomic E-state index is 11.9. The number of ether oxygens (including phenoxy) is 1. The summed E-state index contributed by atoms with van der Waals surface area (Å²) in [6.45, 7) is 6.84. The summed E-state index contributed by atoms with van der Waals surface area (Å²) in [5.41, 5.74) is -2.40. The average Bonchev–Trinajstić information content (AvgIpc) is 2.31. The Bertz CT molecular complexity index is 414. The number of hydrogen-bond donors (Lipinski definition) is 2. The second kappa shape index (κ2) is 5.72. The van der Waals surface area contributed by atoms with Crippen LogP contribution in [0, 0.1) is 5.92 Å². The molecule has 106 valence electrons. The van der Waals surface area contributed by atoms with Crippen molar-refractivity contribution in [2.24, 2.45) is 5.92 Å². The molecule has 0 aliphatic heterocycles. The quantitative estimate of drug-likeness (QED) is 0.744. The molecule has 0 aromatic carbocycles. The largest absolute Gasteiger partial charge is 0.498 e. The normalized spacial score (nSPS) is 28.4. The molecule has 0 amide bonds. The van der Waals surface area contributed by atoms with Gasteiger partial charge in [0.15, 0.2) is 5.78 Å². The van der Waals surface area contributed by atoms with E-state index in [2.05, 4.69) is 6.58 Å².